The van der Waals surface area contributed by atoms with E-state index in [4.69, 9.17) is 4.74 Å². The van der Waals surface area contributed by atoms with Crippen LogP contribution in [-0.4, -0.2) is 18.0 Å². The summed E-state index contributed by atoms with van der Waals surface area (Å²) in [4.78, 5) is 13.9. The second kappa shape index (κ2) is 14.8. The smallest absolute Gasteiger partial charge is 0.160 e. The van der Waals surface area contributed by atoms with E-state index in [1.165, 1.54) is 22.3 Å². The van der Waals surface area contributed by atoms with E-state index in [2.05, 4.69) is 58.1 Å². The first-order valence-corrected chi connectivity index (χ1v) is 14.2. The summed E-state index contributed by atoms with van der Waals surface area (Å²) in [5, 5.41) is 9.98. The Morgan fingerprint density at radius 1 is 1.00 bits per heavy atom. The molecule has 3 atom stereocenters. The van der Waals surface area contributed by atoms with Gasteiger partial charge in [0.05, 0.1) is 7.11 Å². The van der Waals surface area contributed by atoms with Crippen molar-refractivity contribution >= 4 is 5.78 Å². The number of phenolic OH excluding ortho intramolecular Hbond substituents is 1. The maximum atomic E-state index is 13.9. The van der Waals surface area contributed by atoms with Crippen LogP contribution in [0.25, 0.3) is 0 Å². The zero-order valence-electron chi connectivity index (χ0n) is 24.0. The Bertz CT molecular complexity index is 1140. The van der Waals surface area contributed by atoms with Gasteiger partial charge >= 0.3 is 0 Å². The fourth-order valence-corrected chi connectivity index (χ4v) is 5.69. The number of aryl methyl sites for hydroxylation is 2. The van der Waals surface area contributed by atoms with Crippen molar-refractivity contribution < 1.29 is 14.6 Å². The van der Waals surface area contributed by atoms with E-state index < -0.39 is 0 Å². The average Bonchev–Trinajstić information content (AvgIpc) is 2.91. The molecular weight excluding hydrogens is 468 g/mol. The normalized spacial score (nSPS) is 19.6. The Balaban J connectivity index is 1.78. The Hall–Kier alpha value is -3.07. The third kappa shape index (κ3) is 8.75. The highest BCUT2D eigenvalue weighted by atomic mass is 16.5. The molecule has 0 heterocycles. The maximum Gasteiger partial charge on any atom is 0.160 e. The number of allylic oxidation sites excluding steroid dienone is 6. The van der Waals surface area contributed by atoms with Crippen molar-refractivity contribution in [2.24, 2.45) is 17.8 Å². The Morgan fingerprint density at radius 2 is 1.76 bits per heavy atom. The third-order valence-corrected chi connectivity index (χ3v) is 8.00. The van der Waals surface area contributed by atoms with Gasteiger partial charge in [0.2, 0.25) is 0 Å². The molecule has 0 amide bonds. The molecule has 0 aliphatic heterocycles. The lowest BCUT2D eigenvalue weighted by atomic mass is 9.66. The van der Waals surface area contributed by atoms with Crippen molar-refractivity contribution in [2.45, 2.75) is 79.1 Å². The number of ketones is 1. The van der Waals surface area contributed by atoms with E-state index in [1.54, 1.807) is 13.2 Å². The standard InChI is InChI=1S/C35H46O3/c1-25(2)10-9-11-26(3)14-21-31-27(4)15-19-30(20-16-29-18-22-32(36)34(24-29)38-5)35(31)33(37)23-17-28-12-7-6-8-13-28/h6-8,10,12-15,18,22,24,30-31,35-36H,9,11,16-17,19-21,23H2,1-5H3/b26-14+/t30-,31+,35-/m0/s1. The zero-order chi connectivity index (χ0) is 27.5. The molecule has 38 heavy (non-hydrogen) atoms. The largest absolute Gasteiger partial charge is 0.504 e. The van der Waals surface area contributed by atoms with Gasteiger partial charge in [0.1, 0.15) is 5.78 Å². The molecule has 2 aromatic carbocycles. The highest BCUT2D eigenvalue weighted by Crippen LogP contribution is 2.41. The predicted molar refractivity (Wildman–Crippen MR) is 159 cm³/mol. The molecule has 0 saturated carbocycles. The van der Waals surface area contributed by atoms with Crippen molar-refractivity contribution in [3.05, 3.63) is 94.6 Å². The van der Waals surface area contributed by atoms with Crippen molar-refractivity contribution in [3.63, 3.8) is 0 Å². The molecule has 3 rings (SSSR count). The second-order valence-electron chi connectivity index (χ2n) is 11.2. The number of hydrogen-bond donors (Lipinski definition) is 1. The van der Waals surface area contributed by atoms with Crippen LogP contribution >= 0.6 is 0 Å². The lowest BCUT2D eigenvalue weighted by Gasteiger charge is -2.37. The average molecular weight is 515 g/mol. The molecule has 0 spiro atoms. The Kier molecular flexibility index (Phi) is 11.5. The number of carbonyl (C=O) groups excluding carboxylic acids is 1. The van der Waals surface area contributed by atoms with Gasteiger partial charge < -0.3 is 9.84 Å². The van der Waals surface area contributed by atoms with Crippen LogP contribution in [0, 0.1) is 17.8 Å². The van der Waals surface area contributed by atoms with Crippen LogP contribution in [0.5, 0.6) is 11.5 Å². The highest BCUT2D eigenvalue weighted by Gasteiger charge is 2.37. The van der Waals surface area contributed by atoms with Crippen LogP contribution in [0.1, 0.15) is 77.3 Å². The first kappa shape index (κ1) is 29.5. The van der Waals surface area contributed by atoms with E-state index in [0.717, 1.165) is 50.5 Å². The van der Waals surface area contributed by atoms with Crippen molar-refractivity contribution in [3.8, 4) is 11.5 Å². The minimum atomic E-state index is 0.0320. The maximum absolute atomic E-state index is 13.9. The molecule has 0 saturated heterocycles. The van der Waals surface area contributed by atoms with E-state index in [9.17, 15) is 9.90 Å². The molecule has 0 fully saturated rings. The zero-order valence-corrected chi connectivity index (χ0v) is 24.0. The van der Waals surface area contributed by atoms with Gasteiger partial charge in [-0.15, -0.1) is 0 Å². The van der Waals surface area contributed by atoms with Crippen LogP contribution < -0.4 is 4.74 Å². The lowest BCUT2D eigenvalue weighted by molar-refractivity contribution is -0.126. The van der Waals surface area contributed by atoms with Gasteiger partial charge in [0.25, 0.3) is 0 Å². The molecule has 0 unspecified atom stereocenters. The highest BCUT2D eigenvalue weighted by molar-refractivity contribution is 5.82. The van der Waals surface area contributed by atoms with Gasteiger partial charge in [-0.05, 0) is 108 Å². The Labute approximate surface area is 230 Å². The van der Waals surface area contributed by atoms with Gasteiger partial charge in [0, 0.05) is 12.3 Å². The van der Waals surface area contributed by atoms with Crippen molar-refractivity contribution in [1.29, 1.82) is 0 Å². The van der Waals surface area contributed by atoms with Crippen LogP contribution in [0.3, 0.4) is 0 Å². The van der Waals surface area contributed by atoms with Crippen LogP contribution in [0.15, 0.2) is 83.5 Å². The van der Waals surface area contributed by atoms with Gasteiger partial charge in [-0.2, -0.15) is 0 Å². The lowest BCUT2D eigenvalue weighted by Crippen LogP contribution is -2.35. The van der Waals surface area contributed by atoms with Gasteiger partial charge in [-0.25, -0.2) is 0 Å². The number of phenols is 1. The topological polar surface area (TPSA) is 46.5 Å². The number of ether oxygens (including phenoxy) is 1. The van der Waals surface area contributed by atoms with Crippen molar-refractivity contribution in [2.75, 3.05) is 7.11 Å². The monoisotopic (exact) mass is 514 g/mol. The van der Waals surface area contributed by atoms with Crippen molar-refractivity contribution in [1.82, 2.24) is 0 Å². The molecule has 1 N–H and O–H groups in total. The summed E-state index contributed by atoms with van der Waals surface area (Å²) in [7, 11) is 1.58. The molecule has 1 aliphatic carbocycles. The minimum Gasteiger partial charge on any atom is -0.504 e. The molecule has 3 heteroatoms. The summed E-state index contributed by atoms with van der Waals surface area (Å²) in [5.74, 6) is 1.66. The molecule has 0 aromatic heterocycles. The fourth-order valence-electron chi connectivity index (χ4n) is 5.69. The summed E-state index contributed by atoms with van der Waals surface area (Å²) in [6.45, 7) is 8.74. The Morgan fingerprint density at radius 3 is 2.47 bits per heavy atom. The molecule has 0 bridgehead atoms. The second-order valence-corrected chi connectivity index (χ2v) is 11.2. The van der Waals surface area contributed by atoms with Gasteiger partial charge in [-0.1, -0.05) is 71.3 Å². The summed E-state index contributed by atoms with van der Waals surface area (Å²) in [6.07, 6.45) is 14.3. The van der Waals surface area contributed by atoms with Crippen LogP contribution in [0.2, 0.25) is 0 Å². The molecular formula is C35H46O3. The van der Waals surface area contributed by atoms with E-state index in [-0.39, 0.29) is 17.6 Å². The third-order valence-electron chi connectivity index (χ3n) is 8.00. The summed E-state index contributed by atoms with van der Waals surface area (Å²) < 4.78 is 5.31. The quantitative estimate of drug-likeness (QED) is 0.272. The van der Waals surface area contributed by atoms with Crippen LogP contribution in [-0.2, 0) is 17.6 Å². The summed E-state index contributed by atoms with van der Waals surface area (Å²) in [6, 6.07) is 15.9. The first-order chi connectivity index (χ1) is 18.3. The number of benzene rings is 2. The number of methoxy groups -OCH3 is 1. The fraction of sp³-hybridized carbons (Fsp3) is 0.457. The minimum absolute atomic E-state index is 0.0320. The molecule has 1 aliphatic rings. The van der Waals surface area contributed by atoms with E-state index in [1.807, 2.05) is 30.3 Å². The molecule has 204 valence electrons. The predicted octanol–water partition coefficient (Wildman–Crippen LogP) is 8.82. The van der Waals surface area contributed by atoms with Gasteiger partial charge in [0.15, 0.2) is 11.5 Å². The van der Waals surface area contributed by atoms with E-state index >= 15 is 0 Å². The number of aromatic hydroxyl groups is 1. The van der Waals surface area contributed by atoms with Crippen LogP contribution in [0.4, 0.5) is 0 Å². The number of hydrogen-bond acceptors (Lipinski definition) is 3. The SMILES string of the molecule is COc1cc(CC[C@@H]2CC=C(C)[C@@H](C/C=C(\C)CCC=C(C)C)[C@H]2C(=O)CCc2ccccc2)ccc1O. The van der Waals surface area contributed by atoms with Gasteiger partial charge in [-0.3, -0.25) is 4.79 Å². The number of Topliss-reactive ketones (excluding diaryl/α,β-unsaturated/α-hetero) is 1. The number of carbonyl (C=O) groups is 1. The summed E-state index contributed by atoms with van der Waals surface area (Å²) in [5.41, 5.74) is 6.49. The molecule has 3 nitrogen and oxygen atoms in total. The van der Waals surface area contributed by atoms with E-state index in [0.29, 0.717) is 23.9 Å². The summed E-state index contributed by atoms with van der Waals surface area (Å²) >= 11 is 0. The number of rotatable bonds is 13. The first-order valence-electron chi connectivity index (χ1n) is 14.2. The molecule has 2 aromatic rings. The molecule has 0 radical (unpaired) electrons.